The molecule has 0 spiro atoms. The van der Waals surface area contributed by atoms with Gasteiger partial charge in [0, 0.05) is 12.0 Å². The molecule has 7 nitrogen and oxygen atoms in total. The standard InChI is InChI=1S/C16H21FN2O5S2/c17-12-1-3-13(4-2-12)26(23,24)15-10-25(21,22)9-14(15)19-7-5-11(6-8-19)16(18)20/h1-4,11,14-15H,5-10H2,(H2,18,20)/t14-,15-/m1/s1. The molecule has 0 unspecified atom stereocenters. The molecule has 2 heterocycles. The lowest BCUT2D eigenvalue weighted by atomic mass is 9.95. The summed E-state index contributed by atoms with van der Waals surface area (Å²) in [6, 6.07) is 3.73. The molecule has 2 N–H and O–H groups in total. The second kappa shape index (κ2) is 6.90. The Bertz CT molecular complexity index is 891. The van der Waals surface area contributed by atoms with Gasteiger partial charge in [-0.2, -0.15) is 0 Å². The number of primary amides is 1. The number of hydrogen-bond donors (Lipinski definition) is 1. The first-order chi connectivity index (χ1) is 12.1. The van der Waals surface area contributed by atoms with Crippen LogP contribution in [0.2, 0.25) is 0 Å². The van der Waals surface area contributed by atoms with Crippen molar-refractivity contribution in [3.05, 3.63) is 30.1 Å². The van der Waals surface area contributed by atoms with Crippen molar-refractivity contribution in [2.24, 2.45) is 11.7 Å². The van der Waals surface area contributed by atoms with E-state index in [2.05, 4.69) is 0 Å². The lowest BCUT2D eigenvalue weighted by Gasteiger charge is -2.36. The van der Waals surface area contributed by atoms with Crippen LogP contribution >= 0.6 is 0 Å². The molecule has 0 aromatic heterocycles. The molecule has 2 atom stereocenters. The number of sulfone groups is 2. The summed E-state index contributed by atoms with van der Waals surface area (Å²) in [4.78, 5) is 13.0. The Balaban J connectivity index is 1.87. The molecule has 1 amide bonds. The molecule has 3 rings (SSSR count). The average molecular weight is 404 g/mol. The SMILES string of the molecule is NC(=O)C1CCN([C@@H]2CS(=O)(=O)C[C@H]2S(=O)(=O)c2ccc(F)cc2)CC1. The van der Waals surface area contributed by atoms with Crippen LogP contribution in [0.15, 0.2) is 29.2 Å². The Morgan fingerprint density at radius 2 is 1.69 bits per heavy atom. The van der Waals surface area contributed by atoms with Crippen molar-refractivity contribution in [1.29, 1.82) is 0 Å². The maximum absolute atomic E-state index is 13.1. The molecule has 0 saturated carbocycles. The van der Waals surface area contributed by atoms with Crippen LogP contribution in [0.5, 0.6) is 0 Å². The first-order valence-electron chi connectivity index (χ1n) is 8.33. The van der Waals surface area contributed by atoms with Gasteiger partial charge in [-0.15, -0.1) is 0 Å². The largest absolute Gasteiger partial charge is 0.369 e. The second-order valence-corrected chi connectivity index (χ2v) is 11.2. The van der Waals surface area contributed by atoms with Gasteiger partial charge in [0.1, 0.15) is 5.82 Å². The molecule has 2 aliphatic heterocycles. The molecule has 10 heteroatoms. The predicted molar refractivity (Wildman–Crippen MR) is 93.3 cm³/mol. The number of carbonyl (C=O) groups excluding carboxylic acids is 1. The van der Waals surface area contributed by atoms with Crippen LogP contribution in [0.3, 0.4) is 0 Å². The van der Waals surface area contributed by atoms with Crippen molar-refractivity contribution in [2.45, 2.75) is 29.0 Å². The highest BCUT2D eigenvalue weighted by Gasteiger charge is 2.48. The Kier molecular flexibility index (Phi) is 5.11. The number of halogens is 1. The van der Waals surface area contributed by atoms with E-state index in [0.717, 1.165) is 24.3 Å². The summed E-state index contributed by atoms with van der Waals surface area (Å²) < 4.78 is 63.4. The molecule has 26 heavy (non-hydrogen) atoms. The predicted octanol–water partition coefficient (Wildman–Crippen LogP) is -0.0377. The zero-order chi connectivity index (χ0) is 19.1. The molecule has 2 saturated heterocycles. The maximum Gasteiger partial charge on any atom is 0.220 e. The molecule has 0 aliphatic carbocycles. The number of carbonyl (C=O) groups is 1. The number of likely N-dealkylation sites (tertiary alicyclic amines) is 1. The number of nitrogens with two attached hydrogens (primary N) is 1. The third kappa shape index (κ3) is 3.77. The van der Waals surface area contributed by atoms with Gasteiger partial charge in [0.05, 0.1) is 21.7 Å². The van der Waals surface area contributed by atoms with Crippen LogP contribution in [0, 0.1) is 11.7 Å². The quantitative estimate of drug-likeness (QED) is 0.705. The third-order valence-corrected chi connectivity index (χ3v) is 9.35. The van der Waals surface area contributed by atoms with E-state index in [4.69, 9.17) is 5.73 Å². The number of rotatable bonds is 4. The highest BCUT2D eigenvalue weighted by atomic mass is 32.2. The number of piperidine rings is 1. The Morgan fingerprint density at radius 3 is 2.23 bits per heavy atom. The number of nitrogens with zero attached hydrogens (tertiary/aromatic N) is 1. The molecule has 1 aromatic rings. The van der Waals surface area contributed by atoms with Gasteiger partial charge in [0.15, 0.2) is 19.7 Å². The fourth-order valence-electron chi connectivity index (χ4n) is 3.75. The van der Waals surface area contributed by atoms with E-state index in [-0.39, 0.29) is 22.5 Å². The fourth-order valence-corrected chi connectivity index (χ4v) is 8.58. The molecule has 2 aliphatic rings. The number of benzene rings is 1. The van der Waals surface area contributed by atoms with Crippen LogP contribution in [0.25, 0.3) is 0 Å². The Labute approximate surface area is 152 Å². The third-order valence-electron chi connectivity index (χ3n) is 5.21. The average Bonchev–Trinajstić information content (AvgIpc) is 2.92. The van der Waals surface area contributed by atoms with Gasteiger partial charge in [-0.05, 0) is 50.2 Å². The van der Waals surface area contributed by atoms with Crippen LogP contribution in [0.4, 0.5) is 4.39 Å². The lowest BCUT2D eigenvalue weighted by Crippen LogP contribution is -2.50. The van der Waals surface area contributed by atoms with Crippen LogP contribution in [-0.4, -0.2) is 63.5 Å². The van der Waals surface area contributed by atoms with Gasteiger partial charge in [0.2, 0.25) is 5.91 Å². The summed E-state index contributed by atoms with van der Waals surface area (Å²) in [5, 5.41) is -1.11. The minimum Gasteiger partial charge on any atom is -0.369 e. The van der Waals surface area contributed by atoms with E-state index in [1.807, 2.05) is 4.90 Å². The summed E-state index contributed by atoms with van der Waals surface area (Å²) >= 11 is 0. The monoisotopic (exact) mass is 404 g/mol. The molecule has 0 bridgehead atoms. The normalized spacial score (nSPS) is 27.4. The summed E-state index contributed by atoms with van der Waals surface area (Å²) in [5.74, 6) is -1.91. The van der Waals surface area contributed by atoms with Gasteiger partial charge in [-0.25, -0.2) is 21.2 Å². The number of hydrogen-bond acceptors (Lipinski definition) is 6. The highest BCUT2D eigenvalue weighted by molar-refractivity contribution is 7.96. The first kappa shape index (κ1) is 19.2. The van der Waals surface area contributed by atoms with Gasteiger partial charge in [-0.3, -0.25) is 9.69 Å². The van der Waals surface area contributed by atoms with E-state index in [1.54, 1.807) is 0 Å². The molecular formula is C16H21FN2O5S2. The van der Waals surface area contributed by atoms with Gasteiger partial charge >= 0.3 is 0 Å². The minimum absolute atomic E-state index is 0.0852. The summed E-state index contributed by atoms with van der Waals surface area (Å²) in [6.45, 7) is 0.840. The highest BCUT2D eigenvalue weighted by Crippen LogP contribution is 2.31. The van der Waals surface area contributed by atoms with Crippen molar-refractivity contribution in [3.63, 3.8) is 0 Å². The van der Waals surface area contributed by atoms with Gasteiger partial charge < -0.3 is 5.73 Å². The molecule has 1 aromatic carbocycles. The summed E-state index contributed by atoms with van der Waals surface area (Å²) in [6.07, 6.45) is 0.963. The smallest absolute Gasteiger partial charge is 0.220 e. The fraction of sp³-hybridized carbons (Fsp3) is 0.562. The zero-order valence-electron chi connectivity index (χ0n) is 14.0. The summed E-state index contributed by atoms with van der Waals surface area (Å²) in [5.41, 5.74) is 5.31. The van der Waals surface area contributed by atoms with Crippen LogP contribution < -0.4 is 5.73 Å². The van der Waals surface area contributed by atoms with Crippen molar-refractivity contribution in [1.82, 2.24) is 4.90 Å². The molecule has 2 fully saturated rings. The topological polar surface area (TPSA) is 115 Å². The maximum atomic E-state index is 13.1. The zero-order valence-corrected chi connectivity index (χ0v) is 15.7. The van der Waals surface area contributed by atoms with Crippen molar-refractivity contribution >= 4 is 25.6 Å². The van der Waals surface area contributed by atoms with E-state index in [9.17, 15) is 26.0 Å². The van der Waals surface area contributed by atoms with Gasteiger partial charge in [0.25, 0.3) is 0 Å². The molecule has 0 radical (unpaired) electrons. The van der Waals surface area contributed by atoms with E-state index in [0.29, 0.717) is 25.9 Å². The van der Waals surface area contributed by atoms with Crippen LogP contribution in [-0.2, 0) is 24.5 Å². The Morgan fingerprint density at radius 1 is 1.12 bits per heavy atom. The van der Waals surface area contributed by atoms with Crippen molar-refractivity contribution in [2.75, 3.05) is 24.6 Å². The van der Waals surface area contributed by atoms with E-state index >= 15 is 0 Å². The van der Waals surface area contributed by atoms with Crippen molar-refractivity contribution < 1.29 is 26.0 Å². The summed E-state index contributed by atoms with van der Waals surface area (Å²) in [7, 11) is -7.44. The van der Waals surface area contributed by atoms with E-state index < -0.39 is 42.5 Å². The second-order valence-electron chi connectivity index (χ2n) is 6.89. The minimum atomic E-state index is -3.93. The molecule has 144 valence electrons. The lowest BCUT2D eigenvalue weighted by molar-refractivity contribution is -0.123. The van der Waals surface area contributed by atoms with Gasteiger partial charge in [-0.1, -0.05) is 0 Å². The van der Waals surface area contributed by atoms with E-state index in [1.165, 1.54) is 0 Å². The Hall–Kier alpha value is -1.52. The first-order valence-corrected chi connectivity index (χ1v) is 11.7. The van der Waals surface area contributed by atoms with Crippen LogP contribution in [0.1, 0.15) is 12.8 Å². The molecular weight excluding hydrogens is 383 g/mol. The van der Waals surface area contributed by atoms with Crippen molar-refractivity contribution in [3.8, 4) is 0 Å². The number of amides is 1.